The van der Waals surface area contributed by atoms with Gasteiger partial charge in [0.05, 0.1) is 5.69 Å². The van der Waals surface area contributed by atoms with Crippen molar-refractivity contribution in [2.24, 2.45) is 0 Å². The highest BCUT2D eigenvalue weighted by Crippen LogP contribution is 2.40. The number of para-hydroxylation sites is 1. The van der Waals surface area contributed by atoms with Gasteiger partial charge in [-0.2, -0.15) is 0 Å². The van der Waals surface area contributed by atoms with E-state index < -0.39 is 5.25 Å². The summed E-state index contributed by atoms with van der Waals surface area (Å²) in [5.41, 5.74) is 3.60. The smallest absolute Gasteiger partial charge is 0.250 e. The largest absolute Gasteiger partial charge is 0.341 e. The van der Waals surface area contributed by atoms with E-state index in [9.17, 15) is 14.4 Å². The third-order valence-electron chi connectivity index (χ3n) is 5.63. The Labute approximate surface area is 180 Å². The number of hydrogen-bond donors (Lipinski definition) is 1. The zero-order valence-corrected chi connectivity index (χ0v) is 18.0. The molecule has 1 fully saturated rings. The number of nitrogens with one attached hydrogen (secondary N) is 1. The number of anilines is 2. The molecule has 1 unspecified atom stereocenters. The van der Waals surface area contributed by atoms with Gasteiger partial charge in [-0.3, -0.25) is 14.4 Å². The van der Waals surface area contributed by atoms with Crippen molar-refractivity contribution in [3.63, 3.8) is 0 Å². The molecule has 1 N–H and O–H groups in total. The molecule has 156 valence electrons. The van der Waals surface area contributed by atoms with Gasteiger partial charge in [-0.05, 0) is 62.1 Å². The topological polar surface area (TPSA) is 69.7 Å². The van der Waals surface area contributed by atoms with Crippen LogP contribution in [0.4, 0.5) is 11.4 Å². The highest BCUT2D eigenvalue weighted by Gasteiger charge is 2.41. The lowest BCUT2D eigenvalue weighted by Crippen LogP contribution is -2.51. The van der Waals surface area contributed by atoms with Crippen LogP contribution in [0.15, 0.2) is 47.4 Å². The molecule has 2 aromatic carbocycles. The minimum Gasteiger partial charge on any atom is -0.341 e. The SMILES string of the molecule is Cc1ccc(NC(=O)CN2C(=O)C(C(=O)N3CCCC3)Sc3ccccc32)cc1C. The minimum absolute atomic E-state index is 0.132. The molecule has 2 aliphatic heterocycles. The molecule has 3 amide bonds. The third kappa shape index (κ3) is 4.07. The first kappa shape index (κ1) is 20.5. The summed E-state index contributed by atoms with van der Waals surface area (Å²) in [7, 11) is 0. The number of hydrogen-bond acceptors (Lipinski definition) is 4. The van der Waals surface area contributed by atoms with Crippen LogP contribution in [0.2, 0.25) is 0 Å². The molecule has 1 saturated heterocycles. The lowest BCUT2D eigenvalue weighted by atomic mass is 10.1. The highest BCUT2D eigenvalue weighted by molar-refractivity contribution is 8.01. The van der Waals surface area contributed by atoms with E-state index in [1.54, 1.807) is 4.90 Å². The van der Waals surface area contributed by atoms with Gasteiger partial charge in [-0.15, -0.1) is 11.8 Å². The number of rotatable bonds is 4. The molecule has 30 heavy (non-hydrogen) atoms. The third-order valence-corrected chi connectivity index (χ3v) is 6.86. The normalized spacial score (nSPS) is 18.3. The van der Waals surface area contributed by atoms with Crippen LogP contribution in [0, 0.1) is 13.8 Å². The summed E-state index contributed by atoms with van der Waals surface area (Å²) in [5.74, 6) is -0.775. The molecule has 1 atom stereocenters. The van der Waals surface area contributed by atoms with Crippen molar-refractivity contribution in [1.29, 1.82) is 0 Å². The standard InChI is InChI=1S/C23H25N3O3S/c1-15-9-10-17(13-16(15)2)24-20(27)14-26-18-7-3-4-8-19(18)30-21(23(26)29)22(28)25-11-5-6-12-25/h3-4,7-10,13,21H,5-6,11-12,14H2,1-2H3,(H,24,27). The molecular weight excluding hydrogens is 398 g/mol. The Morgan fingerprint density at radius 2 is 1.80 bits per heavy atom. The number of aryl methyl sites for hydroxylation is 2. The molecule has 0 spiro atoms. The van der Waals surface area contributed by atoms with Gasteiger partial charge < -0.3 is 15.1 Å². The van der Waals surface area contributed by atoms with E-state index in [0.717, 1.165) is 28.9 Å². The zero-order chi connectivity index (χ0) is 21.3. The fourth-order valence-electron chi connectivity index (χ4n) is 3.80. The quantitative estimate of drug-likeness (QED) is 0.766. The van der Waals surface area contributed by atoms with E-state index in [0.29, 0.717) is 24.5 Å². The van der Waals surface area contributed by atoms with Crippen LogP contribution in [0.5, 0.6) is 0 Å². The second-order valence-corrected chi connectivity index (χ2v) is 8.92. The summed E-state index contributed by atoms with van der Waals surface area (Å²) >= 11 is 1.28. The predicted octanol–water partition coefficient (Wildman–Crippen LogP) is 3.37. The number of fused-ring (bicyclic) bond motifs is 1. The Balaban J connectivity index is 1.55. The van der Waals surface area contributed by atoms with Gasteiger partial charge in [0.15, 0.2) is 5.25 Å². The molecule has 2 aliphatic rings. The average molecular weight is 424 g/mol. The molecule has 6 nitrogen and oxygen atoms in total. The maximum atomic E-state index is 13.3. The van der Waals surface area contributed by atoms with Crippen LogP contribution in [-0.4, -0.2) is 47.5 Å². The van der Waals surface area contributed by atoms with Crippen molar-refractivity contribution in [3.05, 3.63) is 53.6 Å². The van der Waals surface area contributed by atoms with Crippen molar-refractivity contribution in [1.82, 2.24) is 4.90 Å². The molecular formula is C23H25N3O3S. The van der Waals surface area contributed by atoms with Crippen LogP contribution in [0.25, 0.3) is 0 Å². The van der Waals surface area contributed by atoms with E-state index in [2.05, 4.69) is 5.32 Å². The molecule has 0 aliphatic carbocycles. The van der Waals surface area contributed by atoms with Crippen LogP contribution in [0.1, 0.15) is 24.0 Å². The van der Waals surface area contributed by atoms with Crippen LogP contribution in [-0.2, 0) is 14.4 Å². The van der Waals surface area contributed by atoms with Gasteiger partial charge in [-0.1, -0.05) is 18.2 Å². The average Bonchev–Trinajstić information content (AvgIpc) is 3.27. The van der Waals surface area contributed by atoms with Gasteiger partial charge >= 0.3 is 0 Å². The van der Waals surface area contributed by atoms with Crippen LogP contribution in [0.3, 0.4) is 0 Å². The summed E-state index contributed by atoms with van der Waals surface area (Å²) in [6.07, 6.45) is 1.94. The molecule has 0 bridgehead atoms. The molecule has 4 rings (SSSR count). The number of carbonyl (C=O) groups is 3. The van der Waals surface area contributed by atoms with E-state index in [1.807, 2.05) is 56.3 Å². The summed E-state index contributed by atoms with van der Waals surface area (Å²) in [6.45, 7) is 5.25. The van der Waals surface area contributed by atoms with Crippen molar-refractivity contribution in [3.8, 4) is 0 Å². The molecule has 0 aromatic heterocycles. The molecule has 0 radical (unpaired) electrons. The minimum atomic E-state index is -0.840. The predicted molar refractivity (Wildman–Crippen MR) is 119 cm³/mol. The number of thioether (sulfide) groups is 1. The van der Waals surface area contributed by atoms with Crippen LogP contribution < -0.4 is 10.2 Å². The van der Waals surface area contributed by atoms with Crippen molar-refractivity contribution < 1.29 is 14.4 Å². The van der Waals surface area contributed by atoms with Gasteiger partial charge in [0, 0.05) is 23.7 Å². The number of likely N-dealkylation sites (tertiary alicyclic amines) is 1. The Bertz CT molecular complexity index is 1000. The van der Waals surface area contributed by atoms with Crippen molar-refractivity contribution in [2.75, 3.05) is 29.9 Å². The maximum absolute atomic E-state index is 13.3. The Morgan fingerprint density at radius 3 is 2.53 bits per heavy atom. The van der Waals surface area contributed by atoms with E-state index >= 15 is 0 Å². The lowest BCUT2D eigenvalue weighted by Gasteiger charge is -2.34. The number of amides is 3. The first-order valence-electron chi connectivity index (χ1n) is 10.2. The molecule has 0 saturated carbocycles. The number of carbonyl (C=O) groups excluding carboxylic acids is 3. The Kier molecular flexibility index (Phi) is 5.81. The van der Waals surface area contributed by atoms with E-state index in [-0.39, 0.29) is 24.3 Å². The van der Waals surface area contributed by atoms with Crippen molar-refractivity contribution in [2.45, 2.75) is 36.8 Å². The maximum Gasteiger partial charge on any atom is 0.250 e. The van der Waals surface area contributed by atoms with Gasteiger partial charge in [0.25, 0.3) is 5.91 Å². The summed E-state index contributed by atoms with van der Waals surface area (Å²) < 4.78 is 0. The van der Waals surface area contributed by atoms with Gasteiger partial charge in [0.1, 0.15) is 6.54 Å². The molecule has 2 aromatic rings. The second-order valence-electron chi connectivity index (χ2n) is 7.77. The lowest BCUT2D eigenvalue weighted by molar-refractivity contribution is -0.134. The number of nitrogens with zero attached hydrogens (tertiary/aromatic N) is 2. The Morgan fingerprint density at radius 1 is 1.07 bits per heavy atom. The van der Waals surface area contributed by atoms with Crippen LogP contribution >= 0.6 is 11.8 Å². The monoisotopic (exact) mass is 423 g/mol. The van der Waals surface area contributed by atoms with E-state index in [1.165, 1.54) is 16.7 Å². The fourth-order valence-corrected chi connectivity index (χ4v) is 4.99. The molecule has 2 heterocycles. The highest BCUT2D eigenvalue weighted by atomic mass is 32.2. The zero-order valence-electron chi connectivity index (χ0n) is 17.2. The molecule has 7 heteroatoms. The fraction of sp³-hybridized carbons (Fsp3) is 0.348. The first-order chi connectivity index (χ1) is 14.4. The first-order valence-corrected chi connectivity index (χ1v) is 11.0. The summed E-state index contributed by atoms with van der Waals surface area (Å²) in [4.78, 5) is 43.0. The van der Waals surface area contributed by atoms with Gasteiger partial charge in [-0.25, -0.2) is 0 Å². The Hall–Kier alpha value is -2.80. The van der Waals surface area contributed by atoms with Crippen molar-refractivity contribution >= 4 is 40.9 Å². The van der Waals surface area contributed by atoms with Gasteiger partial charge in [0.2, 0.25) is 11.8 Å². The summed E-state index contributed by atoms with van der Waals surface area (Å²) in [6, 6.07) is 13.1. The second kappa shape index (κ2) is 8.52. The number of benzene rings is 2. The summed E-state index contributed by atoms with van der Waals surface area (Å²) in [5, 5.41) is 2.03. The van der Waals surface area contributed by atoms with E-state index in [4.69, 9.17) is 0 Å².